The average Bonchev–Trinajstić information content (AvgIpc) is 2.98. The molecule has 0 aliphatic carbocycles. The van der Waals surface area contributed by atoms with E-state index in [1.807, 2.05) is 50.2 Å². The quantitative estimate of drug-likeness (QED) is 0.0829. The smallest absolute Gasteiger partial charge is 0.336 e. The summed E-state index contributed by atoms with van der Waals surface area (Å²) in [5.41, 5.74) is 6.03. The second-order valence-corrected chi connectivity index (χ2v) is 8.87. The van der Waals surface area contributed by atoms with Gasteiger partial charge in [-0.3, -0.25) is 9.59 Å². The molecule has 4 aromatic rings. The van der Waals surface area contributed by atoms with Crippen molar-refractivity contribution in [3.8, 4) is 11.5 Å². The molecule has 0 bridgehead atoms. The van der Waals surface area contributed by atoms with E-state index in [-0.39, 0.29) is 17.2 Å². The van der Waals surface area contributed by atoms with Crippen LogP contribution in [0.1, 0.15) is 44.3 Å². The van der Waals surface area contributed by atoms with Crippen LogP contribution in [0.25, 0.3) is 6.08 Å². The van der Waals surface area contributed by atoms with E-state index in [4.69, 9.17) is 9.47 Å². The highest BCUT2D eigenvalue weighted by Gasteiger charge is 2.14. The van der Waals surface area contributed by atoms with Crippen molar-refractivity contribution in [3.63, 3.8) is 0 Å². The molecule has 0 saturated carbocycles. The summed E-state index contributed by atoms with van der Waals surface area (Å²) in [6, 6.07) is 28.2. The molecule has 0 saturated heterocycles. The number of nitrogens with one attached hydrogen (secondary N) is 2. The first-order valence-electron chi connectivity index (χ1n) is 12.9. The molecule has 2 amide bonds. The maximum Gasteiger partial charge on any atom is 0.336 e. The van der Waals surface area contributed by atoms with Crippen molar-refractivity contribution in [2.45, 2.75) is 13.8 Å². The van der Waals surface area contributed by atoms with Gasteiger partial charge in [-0.15, -0.1) is 0 Å². The van der Waals surface area contributed by atoms with E-state index in [1.165, 1.54) is 12.3 Å². The largest absolute Gasteiger partial charge is 0.490 e. The number of carbonyl (C=O) groups is 3. The molecular weight excluding hydrogens is 518 g/mol. The number of aryl methyl sites for hydroxylation is 1. The lowest BCUT2D eigenvalue weighted by atomic mass is 10.1. The van der Waals surface area contributed by atoms with E-state index in [2.05, 4.69) is 15.8 Å². The molecule has 8 nitrogen and oxygen atoms in total. The number of para-hydroxylation sites is 1. The summed E-state index contributed by atoms with van der Waals surface area (Å²) in [6.07, 6.45) is 4.45. The van der Waals surface area contributed by atoms with Crippen molar-refractivity contribution in [1.29, 1.82) is 0 Å². The fourth-order valence-corrected chi connectivity index (χ4v) is 3.82. The number of carbonyl (C=O) groups excluding carboxylic acids is 3. The van der Waals surface area contributed by atoms with Gasteiger partial charge in [0.25, 0.3) is 11.8 Å². The molecule has 0 heterocycles. The number of rotatable bonds is 10. The zero-order chi connectivity index (χ0) is 29.0. The second-order valence-electron chi connectivity index (χ2n) is 8.87. The molecule has 4 aromatic carbocycles. The minimum absolute atomic E-state index is 0.256. The molecule has 0 fully saturated rings. The van der Waals surface area contributed by atoms with E-state index >= 15 is 0 Å². The lowest BCUT2D eigenvalue weighted by Crippen LogP contribution is -2.21. The van der Waals surface area contributed by atoms with Crippen molar-refractivity contribution in [2.24, 2.45) is 5.10 Å². The average molecular weight is 548 g/mol. The van der Waals surface area contributed by atoms with Gasteiger partial charge in [0.05, 0.1) is 24.1 Å². The van der Waals surface area contributed by atoms with E-state index in [0.717, 1.165) is 11.1 Å². The van der Waals surface area contributed by atoms with E-state index in [0.29, 0.717) is 29.2 Å². The van der Waals surface area contributed by atoms with Crippen LogP contribution in [-0.4, -0.2) is 30.6 Å². The Hall–Kier alpha value is -5.50. The van der Waals surface area contributed by atoms with Crippen molar-refractivity contribution < 1.29 is 23.9 Å². The molecule has 0 aliphatic heterocycles. The SMILES string of the molecule is CCOc1cc(/C=N\NC(=O)c2ccccc2NC(=O)c2cccc(C)c2)ccc1OC(=O)/C=C/c1ccccc1. The van der Waals surface area contributed by atoms with Crippen LogP contribution in [0.15, 0.2) is 108 Å². The zero-order valence-corrected chi connectivity index (χ0v) is 22.7. The molecule has 0 spiro atoms. The predicted octanol–water partition coefficient (Wildman–Crippen LogP) is 6.03. The highest BCUT2D eigenvalue weighted by atomic mass is 16.6. The standard InChI is InChI=1S/C33H29N3O5/c1-3-40-30-21-25(16-18-29(30)41-31(37)19-17-24-11-5-4-6-12-24)22-34-36-33(39)27-14-7-8-15-28(27)35-32(38)26-13-9-10-23(2)20-26/h4-22H,3H2,1-2H3,(H,35,38)(H,36,39)/b19-17+,34-22-. The number of benzene rings is 4. The molecule has 4 rings (SSSR count). The molecule has 0 unspecified atom stereocenters. The third-order valence-electron chi connectivity index (χ3n) is 5.77. The van der Waals surface area contributed by atoms with Gasteiger partial charge >= 0.3 is 5.97 Å². The number of esters is 1. The van der Waals surface area contributed by atoms with Crippen LogP contribution in [-0.2, 0) is 4.79 Å². The van der Waals surface area contributed by atoms with Crippen LogP contribution >= 0.6 is 0 Å². The van der Waals surface area contributed by atoms with Gasteiger partial charge in [-0.1, -0.05) is 60.2 Å². The Balaban J connectivity index is 1.41. The summed E-state index contributed by atoms with van der Waals surface area (Å²) >= 11 is 0. The molecule has 41 heavy (non-hydrogen) atoms. The molecule has 206 valence electrons. The number of nitrogens with zero attached hydrogens (tertiary/aromatic N) is 1. The Morgan fingerprint density at radius 1 is 0.805 bits per heavy atom. The third-order valence-corrected chi connectivity index (χ3v) is 5.77. The Morgan fingerprint density at radius 2 is 1.59 bits per heavy atom. The van der Waals surface area contributed by atoms with Gasteiger partial charge < -0.3 is 14.8 Å². The Kier molecular flexibility index (Phi) is 9.77. The number of anilines is 1. The van der Waals surface area contributed by atoms with Crippen LogP contribution in [0.5, 0.6) is 11.5 Å². The summed E-state index contributed by atoms with van der Waals surface area (Å²) in [6.45, 7) is 4.07. The lowest BCUT2D eigenvalue weighted by Gasteiger charge is -2.11. The van der Waals surface area contributed by atoms with Gasteiger partial charge in [0.15, 0.2) is 11.5 Å². The fourth-order valence-electron chi connectivity index (χ4n) is 3.82. The molecule has 0 aliphatic rings. The minimum atomic E-state index is -0.545. The maximum atomic E-state index is 12.9. The molecule has 0 aromatic heterocycles. The number of hydrazone groups is 1. The fraction of sp³-hybridized carbons (Fsp3) is 0.0909. The number of amides is 2. The molecule has 0 radical (unpaired) electrons. The molecule has 0 atom stereocenters. The van der Waals surface area contributed by atoms with Crippen molar-refractivity contribution in [1.82, 2.24) is 5.43 Å². The maximum absolute atomic E-state index is 12.9. The van der Waals surface area contributed by atoms with Gasteiger partial charge in [-0.2, -0.15) is 5.10 Å². The van der Waals surface area contributed by atoms with Crippen LogP contribution in [0.4, 0.5) is 5.69 Å². The lowest BCUT2D eigenvalue weighted by molar-refractivity contribution is -0.129. The van der Waals surface area contributed by atoms with Crippen LogP contribution in [0, 0.1) is 6.92 Å². The number of hydrogen-bond acceptors (Lipinski definition) is 6. The Bertz CT molecular complexity index is 1600. The van der Waals surface area contributed by atoms with Crippen molar-refractivity contribution >= 4 is 35.8 Å². The highest BCUT2D eigenvalue weighted by Crippen LogP contribution is 2.28. The normalized spacial score (nSPS) is 10.9. The summed E-state index contributed by atoms with van der Waals surface area (Å²) in [5, 5.41) is 6.84. The van der Waals surface area contributed by atoms with Gasteiger partial charge in [-0.25, -0.2) is 10.2 Å². The first-order chi connectivity index (χ1) is 19.9. The number of hydrogen-bond donors (Lipinski definition) is 2. The van der Waals surface area contributed by atoms with Crippen LogP contribution < -0.4 is 20.2 Å². The summed E-state index contributed by atoms with van der Waals surface area (Å²) in [4.78, 5) is 37.9. The van der Waals surface area contributed by atoms with Crippen molar-refractivity contribution in [3.05, 3.63) is 131 Å². The van der Waals surface area contributed by atoms with Crippen LogP contribution in [0.2, 0.25) is 0 Å². The number of ether oxygens (including phenoxy) is 2. The topological polar surface area (TPSA) is 106 Å². The zero-order valence-electron chi connectivity index (χ0n) is 22.7. The molecule has 8 heteroatoms. The second kappa shape index (κ2) is 14.0. The first kappa shape index (κ1) is 28.5. The van der Waals surface area contributed by atoms with Crippen LogP contribution in [0.3, 0.4) is 0 Å². The predicted molar refractivity (Wildman–Crippen MR) is 159 cm³/mol. The van der Waals surface area contributed by atoms with E-state index in [9.17, 15) is 14.4 Å². The molecule has 2 N–H and O–H groups in total. The van der Waals surface area contributed by atoms with Crippen molar-refractivity contribution in [2.75, 3.05) is 11.9 Å². The summed E-state index contributed by atoms with van der Waals surface area (Å²) < 4.78 is 11.1. The van der Waals surface area contributed by atoms with Gasteiger partial charge in [0.2, 0.25) is 0 Å². The Morgan fingerprint density at radius 3 is 2.37 bits per heavy atom. The van der Waals surface area contributed by atoms with Gasteiger partial charge in [0, 0.05) is 11.6 Å². The summed E-state index contributed by atoms with van der Waals surface area (Å²) in [7, 11) is 0. The monoisotopic (exact) mass is 547 g/mol. The molecular formula is C33H29N3O5. The third kappa shape index (κ3) is 8.24. The van der Waals surface area contributed by atoms with Gasteiger partial charge in [-0.05, 0) is 73.5 Å². The Labute approximate surface area is 238 Å². The summed E-state index contributed by atoms with van der Waals surface area (Å²) in [5.74, 6) is -0.751. The first-order valence-corrected chi connectivity index (χ1v) is 12.9. The van der Waals surface area contributed by atoms with E-state index in [1.54, 1.807) is 66.7 Å². The minimum Gasteiger partial charge on any atom is -0.490 e. The van der Waals surface area contributed by atoms with Gasteiger partial charge in [0.1, 0.15) is 0 Å². The van der Waals surface area contributed by atoms with E-state index < -0.39 is 11.9 Å². The highest BCUT2D eigenvalue weighted by molar-refractivity contribution is 6.09.